The van der Waals surface area contributed by atoms with Gasteiger partial charge in [0.1, 0.15) is 0 Å². The summed E-state index contributed by atoms with van der Waals surface area (Å²) < 4.78 is 15.0. The molecule has 0 aromatic rings. The van der Waals surface area contributed by atoms with E-state index >= 15 is 0 Å². The summed E-state index contributed by atoms with van der Waals surface area (Å²) in [7, 11) is -0.914. The molecule has 0 saturated heterocycles. The third-order valence-corrected chi connectivity index (χ3v) is 6.27. The minimum Gasteiger partial charge on any atom is -0.395 e. The Hall–Kier alpha value is 0.420. The number of likely N-dealkylation sites (N-methyl/N-ethyl adjacent to an activating group) is 1. The highest BCUT2D eigenvalue weighted by atomic mass is 32.2. The first-order chi connectivity index (χ1) is 14.2. The molecule has 29 heavy (non-hydrogen) atoms. The molecule has 0 aliphatic carbocycles. The van der Waals surface area contributed by atoms with Crippen molar-refractivity contribution in [2.24, 2.45) is 0 Å². The number of aliphatic hydroxyl groups is 1. The minimum atomic E-state index is -2.72. The van der Waals surface area contributed by atoms with Crippen molar-refractivity contribution < 1.29 is 19.1 Å². The summed E-state index contributed by atoms with van der Waals surface area (Å²) in [4.78, 5) is 8.51. The number of hydrogen-bond acceptors (Lipinski definition) is 5. The van der Waals surface area contributed by atoms with Crippen molar-refractivity contribution in [2.45, 2.75) is 103 Å². The number of thioether (sulfide) groups is 1. The first kappa shape index (κ1) is 31.6. The van der Waals surface area contributed by atoms with Gasteiger partial charge in [0.05, 0.1) is 13.2 Å². The standard InChI is InChI=1S/C19H41O3PS.C3H9NO/c1-2-3-4-5-6-7-8-9-10-11-12-13-14-15-18-24-19-16-17-22-23(20)21;1-4-2-3-5/h23H,2-19H2,1H3,(H,20,21);4-5H,2-3H2,1H3. The zero-order valence-corrected chi connectivity index (χ0v) is 21.1. The van der Waals surface area contributed by atoms with E-state index < -0.39 is 8.25 Å². The quantitative estimate of drug-likeness (QED) is 0.133. The second-order valence-corrected chi connectivity index (χ2v) is 9.55. The average Bonchev–Trinajstić information content (AvgIpc) is 2.70. The van der Waals surface area contributed by atoms with E-state index in [0.29, 0.717) is 13.2 Å². The second-order valence-electron chi connectivity index (χ2n) is 7.50. The predicted molar refractivity (Wildman–Crippen MR) is 130 cm³/mol. The van der Waals surface area contributed by atoms with Crippen LogP contribution in [0.4, 0.5) is 0 Å². The zero-order valence-electron chi connectivity index (χ0n) is 19.3. The highest BCUT2D eigenvalue weighted by Crippen LogP contribution is 2.16. The van der Waals surface area contributed by atoms with Crippen LogP contribution < -0.4 is 5.32 Å². The molecular formula is C22H50NO4PS. The molecule has 0 aromatic carbocycles. The van der Waals surface area contributed by atoms with Crippen LogP contribution >= 0.6 is 20.0 Å². The summed E-state index contributed by atoms with van der Waals surface area (Å²) >= 11 is 1.94. The lowest BCUT2D eigenvalue weighted by Crippen LogP contribution is -2.10. The Balaban J connectivity index is 0. The van der Waals surface area contributed by atoms with Gasteiger partial charge in [-0.25, -0.2) is 0 Å². The van der Waals surface area contributed by atoms with Crippen molar-refractivity contribution in [1.29, 1.82) is 0 Å². The number of nitrogens with one attached hydrogen (secondary N) is 1. The van der Waals surface area contributed by atoms with Crippen LogP contribution in [0.15, 0.2) is 0 Å². The Kier molecular flexibility index (Phi) is 33.4. The molecule has 0 radical (unpaired) electrons. The molecule has 0 aliphatic rings. The Morgan fingerprint density at radius 2 is 1.24 bits per heavy atom. The van der Waals surface area contributed by atoms with E-state index in [9.17, 15) is 4.57 Å². The van der Waals surface area contributed by atoms with Gasteiger partial charge in [-0.15, -0.1) is 0 Å². The van der Waals surface area contributed by atoms with Gasteiger partial charge in [-0.05, 0) is 31.4 Å². The van der Waals surface area contributed by atoms with E-state index in [1.165, 1.54) is 95.6 Å². The zero-order chi connectivity index (χ0) is 21.8. The first-order valence-electron chi connectivity index (χ1n) is 11.9. The van der Waals surface area contributed by atoms with Crippen LogP contribution in [0.2, 0.25) is 0 Å². The molecule has 0 bridgehead atoms. The van der Waals surface area contributed by atoms with Crippen LogP contribution in [0.1, 0.15) is 103 Å². The van der Waals surface area contributed by atoms with Crippen LogP contribution in [-0.2, 0) is 9.09 Å². The molecule has 0 spiro atoms. The Labute approximate surface area is 186 Å². The number of unbranched alkanes of at least 4 members (excludes halogenated alkanes) is 13. The lowest BCUT2D eigenvalue weighted by atomic mass is 10.0. The lowest BCUT2D eigenvalue weighted by molar-refractivity contribution is 0.283. The van der Waals surface area contributed by atoms with Crippen molar-refractivity contribution in [3.63, 3.8) is 0 Å². The van der Waals surface area contributed by atoms with Crippen LogP contribution in [0, 0.1) is 0 Å². The Bertz CT molecular complexity index is 311. The van der Waals surface area contributed by atoms with E-state index in [1.54, 1.807) is 7.05 Å². The van der Waals surface area contributed by atoms with Gasteiger partial charge in [-0.3, -0.25) is 4.57 Å². The normalized spacial score (nSPS) is 11.9. The Morgan fingerprint density at radius 1 is 0.793 bits per heavy atom. The number of hydrogen-bond donors (Lipinski definition) is 3. The van der Waals surface area contributed by atoms with E-state index in [-0.39, 0.29) is 6.61 Å². The summed E-state index contributed by atoms with van der Waals surface area (Å²) in [6, 6.07) is 0. The van der Waals surface area contributed by atoms with E-state index in [1.807, 2.05) is 11.8 Å². The molecule has 1 atom stereocenters. The maximum absolute atomic E-state index is 10.3. The maximum Gasteiger partial charge on any atom is 0.316 e. The molecule has 1 unspecified atom stereocenters. The fraction of sp³-hybridized carbons (Fsp3) is 1.00. The van der Waals surface area contributed by atoms with Gasteiger partial charge in [0.15, 0.2) is 0 Å². The SMILES string of the molecule is CCCCCCCCCCCCCCCCSCCCO[PH](=O)O.CNCCO. The molecule has 0 fully saturated rings. The average molecular weight is 456 g/mol. The molecular weight excluding hydrogens is 405 g/mol. The van der Waals surface area contributed by atoms with Crippen molar-refractivity contribution in [3.8, 4) is 0 Å². The van der Waals surface area contributed by atoms with E-state index in [4.69, 9.17) is 10.00 Å². The smallest absolute Gasteiger partial charge is 0.316 e. The molecule has 3 N–H and O–H groups in total. The third-order valence-electron chi connectivity index (χ3n) is 4.66. The molecule has 0 heterocycles. The topological polar surface area (TPSA) is 78.8 Å². The molecule has 7 heteroatoms. The van der Waals surface area contributed by atoms with Gasteiger partial charge in [0.25, 0.3) is 0 Å². The van der Waals surface area contributed by atoms with Crippen LogP contribution in [0.25, 0.3) is 0 Å². The van der Waals surface area contributed by atoms with Crippen molar-refractivity contribution >= 4 is 20.0 Å². The van der Waals surface area contributed by atoms with Crippen molar-refractivity contribution in [1.82, 2.24) is 5.32 Å². The van der Waals surface area contributed by atoms with Crippen molar-refractivity contribution in [2.75, 3.05) is 38.3 Å². The summed E-state index contributed by atoms with van der Waals surface area (Å²) in [5, 5.41) is 10.8. The molecule has 5 nitrogen and oxygen atoms in total. The maximum atomic E-state index is 10.3. The predicted octanol–water partition coefficient (Wildman–Crippen LogP) is 6.19. The highest BCUT2D eigenvalue weighted by molar-refractivity contribution is 7.99. The summed E-state index contributed by atoms with van der Waals surface area (Å²) in [5.41, 5.74) is 0. The van der Waals surface area contributed by atoms with Crippen LogP contribution in [0.3, 0.4) is 0 Å². The van der Waals surface area contributed by atoms with Gasteiger partial charge in [0, 0.05) is 6.54 Å². The lowest BCUT2D eigenvalue weighted by Gasteiger charge is -2.04. The third kappa shape index (κ3) is 36.2. The highest BCUT2D eigenvalue weighted by Gasteiger charge is 1.96. The fourth-order valence-electron chi connectivity index (χ4n) is 2.93. The fourth-order valence-corrected chi connectivity index (χ4v) is 4.19. The van der Waals surface area contributed by atoms with Crippen LogP contribution in [0.5, 0.6) is 0 Å². The van der Waals surface area contributed by atoms with Gasteiger partial charge in [-0.1, -0.05) is 90.4 Å². The van der Waals surface area contributed by atoms with Gasteiger partial charge < -0.3 is 19.8 Å². The molecule has 0 aromatic heterocycles. The summed E-state index contributed by atoms with van der Waals surface area (Å²) in [6.07, 6.45) is 20.6. The molecule has 0 saturated carbocycles. The number of aliphatic hydroxyl groups excluding tert-OH is 1. The summed E-state index contributed by atoms with van der Waals surface area (Å²) in [5.74, 6) is 2.25. The Morgan fingerprint density at radius 3 is 1.62 bits per heavy atom. The minimum absolute atomic E-state index is 0.233. The monoisotopic (exact) mass is 455 g/mol. The molecule has 0 rings (SSSR count). The molecule has 0 amide bonds. The van der Waals surface area contributed by atoms with E-state index in [0.717, 1.165) is 12.2 Å². The van der Waals surface area contributed by atoms with Gasteiger partial charge in [-0.2, -0.15) is 11.8 Å². The summed E-state index contributed by atoms with van der Waals surface area (Å²) in [6.45, 7) is 3.62. The van der Waals surface area contributed by atoms with Crippen molar-refractivity contribution in [3.05, 3.63) is 0 Å². The van der Waals surface area contributed by atoms with Gasteiger partial charge in [0.2, 0.25) is 0 Å². The largest absolute Gasteiger partial charge is 0.395 e. The molecule has 178 valence electrons. The molecule has 0 aliphatic heterocycles. The number of rotatable bonds is 22. The van der Waals surface area contributed by atoms with Crippen LogP contribution in [-0.4, -0.2) is 48.3 Å². The van der Waals surface area contributed by atoms with E-state index in [2.05, 4.69) is 16.8 Å². The second kappa shape index (κ2) is 30.6. The van der Waals surface area contributed by atoms with Gasteiger partial charge >= 0.3 is 8.25 Å². The first-order valence-corrected chi connectivity index (χ1v) is 14.3.